The molecule has 1 aliphatic heterocycles. The minimum absolute atomic E-state index is 0.154. The van der Waals surface area contributed by atoms with E-state index in [4.69, 9.17) is 16.3 Å². The highest BCUT2D eigenvalue weighted by atomic mass is 35.5. The third-order valence-electron chi connectivity index (χ3n) is 3.81. The Morgan fingerprint density at radius 2 is 1.96 bits per heavy atom. The maximum Gasteiger partial charge on any atom is 0.264 e. The van der Waals surface area contributed by atoms with Gasteiger partial charge >= 0.3 is 0 Å². The van der Waals surface area contributed by atoms with Gasteiger partial charge in [0, 0.05) is 5.02 Å². The van der Waals surface area contributed by atoms with Crippen molar-refractivity contribution >= 4 is 46.2 Å². The molecule has 0 unspecified atom stereocenters. The van der Waals surface area contributed by atoms with Crippen LogP contribution in [0.3, 0.4) is 0 Å². The Balaban J connectivity index is 1.87. The maximum absolute atomic E-state index is 12.2. The molecule has 25 heavy (non-hydrogen) atoms. The minimum Gasteiger partial charge on any atom is -0.497 e. The van der Waals surface area contributed by atoms with E-state index in [1.165, 1.54) is 11.8 Å². The summed E-state index contributed by atoms with van der Waals surface area (Å²) in [5.41, 5.74) is 3.75. The zero-order chi connectivity index (χ0) is 18.0. The first-order chi connectivity index (χ1) is 12.0. The normalized spacial score (nSPS) is 17.2. The second kappa shape index (κ2) is 7.33. The Hall–Kier alpha value is -2.24. The Bertz CT molecular complexity index is 906. The SMILES string of the molecule is COc1ccc(/C=C2\SC(=Nc3cc(Cl)ccc3C)NC2=O)c(C)c1. The number of hydrogen-bond donors (Lipinski definition) is 1. The molecule has 6 heteroatoms. The van der Waals surface area contributed by atoms with Crippen molar-refractivity contribution in [2.75, 3.05) is 7.11 Å². The Morgan fingerprint density at radius 1 is 1.16 bits per heavy atom. The first kappa shape index (κ1) is 17.6. The van der Waals surface area contributed by atoms with Gasteiger partial charge in [-0.3, -0.25) is 4.79 Å². The maximum atomic E-state index is 12.2. The molecule has 1 aliphatic rings. The van der Waals surface area contributed by atoms with Crippen molar-refractivity contribution < 1.29 is 9.53 Å². The highest BCUT2D eigenvalue weighted by Crippen LogP contribution is 2.31. The van der Waals surface area contributed by atoms with Gasteiger partial charge in [-0.1, -0.05) is 23.7 Å². The lowest BCUT2D eigenvalue weighted by Crippen LogP contribution is -2.19. The van der Waals surface area contributed by atoms with E-state index >= 15 is 0 Å². The predicted molar refractivity (Wildman–Crippen MR) is 105 cm³/mol. The molecule has 1 N–H and O–H groups in total. The van der Waals surface area contributed by atoms with Crippen molar-refractivity contribution in [2.45, 2.75) is 13.8 Å². The molecule has 4 nitrogen and oxygen atoms in total. The number of ether oxygens (including phenoxy) is 1. The van der Waals surface area contributed by atoms with E-state index in [1.807, 2.05) is 50.3 Å². The monoisotopic (exact) mass is 372 g/mol. The number of thioether (sulfide) groups is 1. The summed E-state index contributed by atoms with van der Waals surface area (Å²) < 4.78 is 5.21. The molecule has 128 valence electrons. The molecule has 0 bridgehead atoms. The fourth-order valence-corrected chi connectivity index (χ4v) is 3.36. The van der Waals surface area contributed by atoms with Gasteiger partial charge < -0.3 is 10.1 Å². The van der Waals surface area contributed by atoms with Gasteiger partial charge in [0.1, 0.15) is 5.75 Å². The molecule has 0 atom stereocenters. The van der Waals surface area contributed by atoms with Gasteiger partial charge in [-0.05, 0) is 72.6 Å². The smallest absolute Gasteiger partial charge is 0.264 e. The lowest BCUT2D eigenvalue weighted by Gasteiger charge is -2.04. The summed E-state index contributed by atoms with van der Waals surface area (Å²) in [7, 11) is 1.63. The lowest BCUT2D eigenvalue weighted by molar-refractivity contribution is -0.115. The fourth-order valence-electron chi connectivity index (χ4n) is 2.37. The third kappa shape index (κ3) is 4.06. The summed E-state index contributed by atoms with van der Waals surface area (Å²) in [6, 6.07) is 11.3. The van der Waals surface area contributed by atoms with Crippen LogP contribution in [0.1, 0.15) is 16.7 Å². The highest BCUT2D eigenvalue weighted by molar-refractivity contribution is 8.18. The van der Waals surface area contributed by atoms with Gasteiger partial charge in [0.2, 0.25) is 0 Å². The molecule has 1 saturated heterocycles. The van der Waals surface area contributed by atoms with E-state index < -0.39 is 0 Å². The quantitative estimate of drug-likeness (QED) is 0.783. The lowest BCUT2D eigenvalue weighted by atomic mass is 10.1. The molecule has 0 spiro atoms. The molecule has 2 aromatic carbocycles. The van der Waals surface area contributed by atoms with Gasteiger partial charge in [-0.2, -0.15) is 0 Å². The average Bonchev–Trinajstić information content (AvgIpc) is 2.92. The van der Waals surface area contributed by atoms with Crippen molar-refractivity contribution in [2.24, 2.45) is 4.99 Å². The van der Waals surface area contributed by atoms with E-state index in [2.05, 4.69) is 10.3 Å². The Morgan fingerprint density at radius 3 is 2.68 bits per heavy atom. The summed E-state index contributed by atoms with van der Waals surface area (Å²) >= 11 is 7.34. The number of benzene rings is 2. The van der Waals surface area contributed by atoms with E-state index in [1.54, 1.807) is 13.2 Å². The number of nitrogens with one attached hydrogen (secondary N) is 1. The number of amidine groups is 1. The largest absolute Gasteiger partial charge is 0.497 e. The van der Waals surface area contributed by atoms with Crippen molar-refractivity contribution in [3.05, 3.63) is 63.0 Å². The van der Waals surface area contributed by atoms with Gasteiger partial charge in [-0.25, -0.2) is 4.99 Å². The first-order valence-corrected chi connectivity index (χ1v) is 8.86. The van der Waals surface area contributed by atoms with Crippen LogP contribution in [0.5, 0.6) is 5.75 Å². The van der Waals surface area contributed by atoms with Gasteiger partial charge in [-0.15, -0.1) is 0 Å². The second-order valence-corrected chi connectivity index (χ2v) is 7.10. The number of methoxy groups -OCH3 is 1. The number of aliphatic imine (C=N–C) groups is 1. The molecular weight excluding hydrogens is 356 g/mol. The van der Waals surface area contributed by atoms with Crippen LogP contribution in [0.25, 0.3) is 6.08 Å². The summed E-state index contributed by atoms with van der Waals surface area (Å²) in [4.78, 5) is 17.4. The van der Waals surface area contributed by atoms with Gasteiger partial charge in [0.25, 0.3) is 5.91 Å². The molecular formula is C19H17ClN2O2S. The molecule has 1 amide bonds. The Labute approximate surface area is 155 Å². The van der Waals surface area contributed by atoms with Crippen LogP contribution < -0.4 is 10.1 Å². The van der Waals surface area contributed by atoms with E-state index in [9.17, 15) is 4.79 Å². The molecule has 2 aromatic rings. The van der Waals surface area contributed by atoms with E-state index in [0.717, 1.165) is 28.1 Å². The van der Waals surface area contributed by atoms with Crippen molar-refractivity contribution in [1.82, 2.24) is 5.32 Å². The summed E-state index contributed by atoms with van der Waals surface area (Å²) in [5, 5.41) is 3.96. The molecule has 0 radical (unpaired) electrons. The van der Waals surface area contributed by atoms with Crippen LogP contribution in [-0.4, -0.2) is 18.2 Å². The first-order valence-electron chi connectivity index (χ1n) is 7.66. The number of aryl methyl sites for hydroxylation is 2. The molecule has 1 heterocycles. The number of nitrogens with zero attached hydrogens (tertiary/aromatic N) is 1. The van der Waals surface area contributed by atoms with Crippen LogP contribution in [0.15, 0.2) is 46.3 Å². The Kier molecular flexibility index (Phi) is 5.16. The number of halogens is 1. The minimum atomic E-state index is -0.154. The van der Waals surface area contributed by atoms with Crippen LogP contribution >= 0.6 is 23.4 Å². The van der Waals surface area contributed by atoms with Crippen LogP contribution in [-0.2, 0) is 4.79 Å². The summed E-state index contributed by atoms with van der Waals surface area (Å²) in [6.45, 7) is 3.94. The number of amides is 1. The zero-order valence-corrected chi connectivity index (χ0v) is 15.7. The molecule has 0 aliphatic carbocycles. The topological polar surface area (TPSA) is 50.7 Å². The van der Waals surface area contributed by atoms with Crippen LogP contribution in [0.2, 0.25) is 5.02 Å². The molecule has 3 rings (SSSR count). The number of carbonyl (C=O) groups is 1. The van der Waals surface area contributed by atoms with Crippen molar-refractivity contribution in [3.63, 3.8) is 0 Å². The molecule has 1 fully saturated rings. The number of carbonyl (C=O) groups excluding carboxylic acids is 1. The van der Waals surface area contributed by atoms with E-state index in [-0.39, 0.29) is 5.91 Å². The predicted octanol–water partition coefficient (Wildman–Crippen LogP) is 4.86. The third-order valence-corrected chi connectivity index (χ3v) is 4.95. The molecule has 0 aromatic heterocycles. The van der Waals surface area contributed by atoms with Crippen LogP contribution in [0.4, 0.5) is 5.69 Å². The molecule has 0 saturated carbocycles. The van der Waals surface area contributed by atoms with Crippen LogP contribution in [0, 0.1) is 13.8 Å². The summed E-state index contributed by atoms with van der Waals surface area (Å²) in [6.07, 6.45) is 1.86. The van der Waals surface area contributed by atoms with E-state index in [0.29, 0.717) is 15.1 Å². The van der Waals surface area contributed by atoms with Crippen molar-refractivity contribution in [1.29, 1.82) is 0 Å². The van der Waals surface area contributed by atoms with Gasteiger partial charge in [0.15, 0.2) is 5.17 Å². The second-order valence-electron chi connectivity index (χ2n) is 5.64. The standard InChI is InChI=1S/C19H17ClN2O2S/c1-11-4-6-14(20)10-16(11)21-19-22-18(23)17(25-19)9-13-5-7-15(24-3)8-12(13)2/h4-10H,1-3H3,(H,21,22,23)/b17-9-. The number of rotatable bonds is 3. The van der Waals surface area contributed by atoms with Crippen molar-refractivity contribution in [3.8, 4) is 5.75 Å². The fraction of sp³-hybridized carbons (Fsp3) is 0.158. The summed E-state index contributed by atoms with van der Waals surface area (Å²) in [5.74, 6) is 0.639. The highest BCUT2D eigenvalue weighted by Gasteiger charge is 2.24. The zero-order valence-electron chi connectivity index (χ0n) is 14.1. The van der Waals surface area contributed by atoms with Gasteiger partial charge in [0.05, 0.1) is 17.7 Å². The average molecular weight is 373 g/mol. The number of hydrogen-bond acceptors (Lipinski definition) is 4.